The molecule has 1 N–H and O–H groups in total. The number of nitrogens with zero attached hydrogens (tertiary/aromatic N) is 1. The number of isocyanates is 1. The lowest BCUT2D eigenvalue weighted by Crippen LogP contribution is -1.96. The van der Waals surface area contributed by atoms with Crippen LogP contribution in [0.5, 0.6) is 11.5 Å². The fourth-order valence-corrected chi connectivity index (χ4v) is 1.08. The van der Waals surface area contributed by atoms with Crippen molar-refractivity contribution in [2.24, 2.45) is 4.99 Å². The molecule has 1 aromatic rings. The van der Waals surface area contributed by atoms with Crippen LogP contribution in [0.25, 0.3) is 0 Å². The lowest BCUT2D eigenvalue weighted by Gasteiger charge is -2.08. The molecular formula is C9H7F2NO3. The maximum atomic E-state index is 13.1. The number of carbonyl (C=O) groups excluding carboxylic acids is 1. The van der Waals surface area contributed by atoms with Crippen molar-refractivity contribution in [1.82, 2.24) is 0 Å². The van der Waals surface area contributed by atoms with Crippen LogP contribution in [0.2, 0.25) is 0 Å². The summed E-state index contributed by atoms with van der Waals surface area (Å²) in [5.41, 5.74) is -0.309. The molecule has 0 aliphatic rings. The normalized spacial score (nSPS) is 9.53. The summed E-state index contributed by atoms with van der Waals surface area (Å²) in [7, 11) is 1.13. The van der Waals surface area contributed by atoms with Crippen LogP contribution in [0.15, 0.2) is 11.1 Å². The van der Waals surface area contributed by atoms with Crippen molar-refractivity contribution < 1.29 is 23.4 Å². The Bertz CT molecular complexity index is 428. The van der Waals surface area contributed by atoms with E-state index >= 15 is 0 Å². The first-order chi connectivity index (χ1) is 7.11. The van der Waals surface area contributed by atoms with Crippen LogP contribution in [0.1, 0.15) is 5.56 Å². The van der Waals surface area contributed by atoms with E-state index in [0.29, 0.717) is 6.07 Å². The molecule has 0 unspecified atom stereocenters. The summed E-state index contributed by atoms with van der Waals surface area (Å²) in [6.07, 6.45) is 1.19. The minimum Gasteiger partial charge on any atom is -0.504 e. The second kappa shape index (κ2) is 4.52. The number of halogens is 2. The summed E-state index contributed by atoms with van der Waals surface area (Å²) in [5, 5.41) is 9.38. The number of phenolic OH excluding ortho intramolecular Hbond substituents is 1. The third kappa shape index (κ3) is 2.11. The van der Waals surface area contributed by atoms with Crippen LogP contribution in [-0.2, 0) is 11.3 Å². The van der Waals surface area contributed by atoms with Crippen molar-refractivity contribution in [3.05, 3.63) is 23.3 Å². The highest BCUT2D eigenvalue weighted by molar-refractivity contribution is 5.48. The lowest BCUT2D eigenvalue weighted by molar-refractivity contribution is 0.344. The summed E-state index contributed by atoms with van der Waals surface area (Å²) in [6.45, 7) is -0.419. The maximum absolute atomic E-state index is 13.1. The van der Waals surface area contributed by atoms with Gasteiger partial charge >= 0.3 is 0 Å². The quantitative estimate of drug-likeness (QED) is 0.614. The highest BCUT2D eigenvalue weighted by Gasteiger charge is 2.18. The van der Waals surface area contributed by atoms with Gasteiger partial charge in [0.2, 0.25) is 6.08 Å². The molecule has 1 aromatic carbocycles. The second-order valence-electron chi connectivity index (χ2n) is 2.61. The van der Waals surface area contributed by atoms with E-state index in [0.717, 1.165) is 7.11 Å². The summed E-state index contributed by atoms with van der Waals surface area (Å²) >= 11 is 0. The van der Waals surface area contributed by atoms with Crippen LogP contribution < -0.4 is 4.74 Å². The van der Waals surface area contributed by atoms with Crippen LogP contribution in [0.3, 0.4) is 0 Å². The average molecular weight is 215 g/mol. The largest absolute Gasteiger partial charge is 0.504 e. The van der Waals surface area contributed by atoms with Crippen molar-refractivity contribution in [1.29, 1.82) is 0 Å². The number of aliphatic imine (C=N–C) groups is 1. The molecule has 0 aliphatic carbocycles. The van der Waals surface area contributed by atoms with E-state index in [1.165, 1.54) is 6.08 Å². The Morgan fingerprint density at radius 3 is 2.73 bits per heavy atom. The van der Waals surface area contributed by atoms with Gasteiger partial charge in [-0.1, -0.05) is 0 Å². The average Bonchev–Trinajstić information content (AvgIpc) is 2.17. The fourth-order valence-electron chi connectivity index (χ4n) is 1.08. The van der Waals surface area contributed by atoms with E-state index in [4.69, 9.17) is 0 Å². The predicted molar refractivity (Wildman–Crippen MR) is 46.4 cm³/mol. The van der Waals surface area contributed by atoms with Gasteiger partial charge < -0.3 is 9.84 Å². The Kier molecular flexibility index (Phi) is 3.36. The van der Waals surface area contributed by atoms with Gasteiger partial charge in [0.25, 0.3) is 0 Å². The first-order valence-corrected chi connectivity index (χ1v) is 3.89. The SMILES string of the molecule is COc1c(F)cc(F)c(CN=C=O)c1O. The molecule has 0 saturated heterocycles. The van der Waals surface area contributed by atoms with Crippen LogP contribution in [0.4, 0.5) is 8.78 Å². The summed E-state index contributed by atoms with van der Waals surface area (Å²) in [6, 6.07) is 0.550. The predicted octanol–water partition coefficient (Wildman–Crippen LogP) is 1.51. The lowest BCUT2D eigenvalue weighted by atomic mass is 10.1. The summed E-state index contributed by atoms with van der Waals surface area (Å²) < 4.78 is 30.6. The third-order valence-corrected chi connectivity index (χ3v) is 1.77. The molecule has 4 nitrogen and oxygen atoms in total. The van der Waals surface area contributed by atoms with E-state index in [1.807, 2.05) is 0 Å². The van der Waals surface area contributed by atoms with Crippen LogP contribution in [-0.4, -0.2) is 18.3 Å². The van der Waals surface area contributed by atoms with Gasteiger partial charge in [-0.25, -0.2) is 18.6 Å². The smallest absolute Gasteiger partial charge is 0.235 e. The standard InChI is InChI=1S/C9H7F2NO3/c1-15-9-7(11)2-6(10)5(8(9)14)3-12-4-13/h2,14H,3H2,1H3. The number of aromatic hydroxyl groups is 1. The molecule has 0 spiro atoms. The van der Waals surface area contributed by atoms with Gasteiger partial charge in [-0.05, 0) is 0 Å². The van der Waals surface area contributed by atoms with Gasteiger partial charge in [0.1, 0.15) is 5.82 Å². The molecule has 0 atom stereocenters. The Labute approximate surface area is 83.8 Å². The molecular weight excluding hydrogens is 208 g/mol. The van der Waals surface area contributed by atoms with Gasteiger partial charge in [-0.3, -0.25) is 0 Å². The van der Waals surface area contributed by atoms with Crippen molar-refractivity contribution in [2.75, 3.05) is 7.11 Å². The van der Waals surface area contributed by atoms with Gasteiger partial charge in [-0.15, -0.1) is 0 Å². The number of ether oxygens (including phenoxy) is 1. The van der Waals surface area contributed by atoms with E-state index in [9.17, 15) is 18.7 Å². The summed E-state index contributed by atoms with van der Waals surface area (Å²) in [4.78, 5) is 12.9. The van der Waals surface area contributed by atoms with E-state index < -0.39 is 29.7 Å². The maximum Gasteiger partial charge on any atom is 0.235 e. The number of rotatable bonds is 3. The van der Waals surface area contributed by atoms with Crippen LogP contribution in [0, 0.1) is 11.6 Å². The van der Waals surface area contributed by atoms with Gasteiger partial charge in [-0.2, -0.15) is 0 Å². The number of hydrogen-bond acceptors (Lipinski definition) is 4. The third-order valence-electron chi connectivity index (χ3n) is 1.77. The minimum atomic E-state index is -1.02. The van der Waals surface area contributed by atoms with Crippen LogP contribution >= 0.6 is 0 Å². The molecule has 0 amide bonds. The highest BCUT2D eigenvalue weighted by atomic mass is 19.1. The fraction of sp³-hybridized carbons (Fsp3) is 0.222. The Morgan fingerprint density at radius 1 is 1.53 bits per heavy atom. The zero-order valence-corrected chi connectivity index (χ0v) is 7.75. The number of phenols is 1. The van der Waals surface area contributed by atoms with Crippen molar-refractivity contribution in [2.45, 2.75) is 6.54 Å². The molecule has 80 valence electrons. The van der Waals surface area contributed by atoms with Crippen molar-refractivity contribution in [3.8, 4) is 11.5 Å². The summed E-state index contributed by atoms with van der Waals surface area (Å²) in [5.74, 6) is -3.20. The monoisotopic (exact) mass is 215 g/mol. The molecule has 15 heavy (non-hydrogen) atoms. The number of methoxy groups -OCH3 is 1. The molecule has 0 radical (unpaired) electrons. The number of hydrogen-bond donors (Lipinski definition) is 1. The molecule has 0 saturated carbocycles. The van der Waals surface area contributed by atoms with E-state index in [2.05, 4.69) is 9.73 Å². The molecule has 0 fully saturated rings. The molecule has 0 aromatic heterocycles. The van der Waals surface area contributed by atoms with E-state index in [-0.39, 0.29) is 5.56 Å². The number of benzene rings is 1. The zero-order valence-electron chi connectivity index (χ0n) is 7.75. The van der Waals surface area contributed by atoms with E-state index in [1.54, 1.807) is 0 Å². The van der Waals surface area contributed by atoms with Crippen molar-refractivity contribution >= 4 is 6.08 Å². The Morgan fingerprint density at radius 2 is 2.20 bits per heavy atom. The molecule has 0 heterocycles. The Hall–Kier alpha value is -1.94. The van der Waals surface area contributed by atoms with Gasteiger partial charge in [0.05, 0.1) is 19.2 Å². The second-order valence-corrected chi connectivity index (χ2v) is 2.61. The minimum absolute atomic E-state index is 0.309. The topological polar surface area (TPSA) is 58.9 Å². The molecule has 6 heteroatoms. The molecule has 1 rings (SSSR count). The molecule has 0 aliphatic heterocycles. The molecule has 0 bridgehead atoms. The van der Waals surface area contributed by atoms with Crippen molar-refractivity contribution in [3.63, 3.8) is 0 Å². The first kappa shape index (κ1) is 11.1. The first-order valence-electron chi connectivity index (χ1n) is 3.89. The Balaban J connectivity index is 3.31. The highest BCUT2D eigenvalue weighted by Crippen LogP contribution is 2.34. The van der Waals surface area contributed by atoms with Gasteiger partial charge in [0, 0.05) is 6.07 Å². The zero-order chi connectivity index (χ0) is 11.4. The van der Waals surface area contributed by atoms with Gasteiger partial charge in [0.15, 0.2) is 17.3 Å².